The van der Waals surface area contributed by atoms with Crippen LogP contribution in [0.2, 0.25) is 0 Å². The van der Waals surface area contributed by atoms with Crippen LogP contribution in [-0.2, 0) is 14.3 Å². The van der Waals surface area contributed by atoms with E-state index in [0.717, 1.165) is 12.8 Å². The number of hydrogen-bond acceptors (Lipinski definition) is 4. The normalized spacial score (nSPS) is 16.4. The van der Waals surface area contributed by atoms with E-state index in [0.29, 0.717) is 18.9 Å². The van der Waals surface area contributed by atoms with Crippen LogP contribution in [-0.4, -0.2) is 38.4 Å². The molecule has 4 heteroatoms. The van der Waals surface area contributed by atoms with Gasteiger partial charge in [-0.1, -0.05) is 13.8 Å². The average molecular weight is 259 g/mol. The van der Waals surface area contributed by atoms with Gasteiger partial charge in [0.25, 0.3) is 0 Å². The second-order valence-electron chi connectivity index (χ2n) is 5.49. The molecular formula is C14H29NO3. The molecule has 18 heavy (non-hydrogen) atoms. The number of likely N-dealkylation sites (N-methyl/N-ethyl adjacent to an activating group) is 1. The highest BCUT2D eigenvalue weighted by Gasteiger charge is 2.31. The second kappa shape index (κ2) is 8.48. The van der Waals surface area contributed by atoms with Crippen molar-refractivity contribution in [2.75, 3.05) is 20.8 Å². The maximum absolute atomic E-state index is 11.6. The van der Waals surface area contributed by atoms with Gasteiger partial charge in [0.05, 0.1) is 13.2 Å². The van der Waals surface area contributed by atoms with E-state index in [1.54, 1.807) is 7.05 Å². The lowest BCUT2D eigenvalue weighted by atomic mass is 9.96. The summed E-state index contributed by atoms with van der Waals surface area (Å²) in [5.74, 6) is 0.429. The van der Waals surface area contributed by atoms with Crippen LogP contribution in [0.15, 0.2) is 0 Å². The zero-order chi connectivity index (χ0) is 14.2. The molecule has 0 fully saturated rings. The number of esters is 1. The Labute approximate surface area is 111 Å². The maximum atomic E-state index is 11.6. The lowest BCUT2D eigenvalue weighted by Crippen LogP contribution is -2.48. The Morgan fingerprint density at radius 3 is 2.39 bits per heavy atom. The molecule has 0 saturated heterocycles. The van der Waals surface area contributed by atoms with E-state index in [1.807, 2.05) is 6.92 Å². The van der Waals surface area contributed by atoms with Gasteiger partial charge in [-0.25, -0.2) is 0 Å². The predicted octanol–water partition coefficient (Wildman–Crippen LogP) is 2.37. The van der Waals surface area contributed by atoms with Crippen LogP contribution in [0.25, 0.3) is 0 Å². The third kappa shape index (κ3) is 6.36. The molecule has 0 radical (unpaired) electrons. The molecule has 2 unspecified atom stereocenters. The number of carbonyl (C=O) groups is 1. The van der Waals surface area contributed by atoms with Crippen LogP contribution in [0.5, 0.6) is 0 Å². The quantitative estimate of drug-likeness (QED) is 0.510. The van der Waals surface area contributed by atoms with E-state index >= 15 is 0 Å². The summed E-state index contributed by atoms with van der Waals surface area (Å²) in [6, 6.07) is 0. The number of carbonyl (C=O) groups excluding carboxylic acids is 1. The number of nitrogens with one attached hydrogen (secondary N) is 1. The smallest absolute Gasteiger partial charge is 0.325 e. The molecule has 0 saturated carbocycles. The Morgan fingerprint density at radius 1 is 1.33 bits per heavy atom. The van der Waals surface area contributed by atoms with E-state index in [2.05, 4.69) is 26.1 Å². The first-order chi connectivity index (χ1) is 8.35. The summed E-state index contributed by atoms with van der Waals surface area (Å²) >= 11 is 0. The first kappa shape index (κ1) is 17.4. The van der Waals surface area contributed by atoms with Gasteiger partial charge in [0.15, 0.2) is 0 Å². The van der Waals surface area contributed by atoms with Crippen molar-refractivity contribution in [3.8, 4) is 0 Å². The SMILES string of the molecule is CNC(C)(CCCOC(C)CC(C)C)C(=O)OC. The summed E-state index contributed by atoms with van der Waals surface area (Å²) < 4.78 is 10.5. The van der Waals surface area contributed by atoms with Crippen molar-refractivity contribution < 1.29 is 14.3 Å². The molecule has 0 aromatic rings. The highest BCUT2D eigenvalue weighted by atomic mass is 16.5. The van der Waals surface area contributed by atoms with Crippen molar-refractivity contribution in [1.82, 2.24) is 5.32 Å². The van der Waals surface area contributed by atoms with Crippen LogP contribution in [0.1, 0.15) is 47.0 Å². The van der Waals surface area contributed by atoms with Gasteiger partial charge in [-0.3, -0.25) is 4.79 Å². The molecule has 0 aliphatic rings. The Kier molecular flexibility index (Phi) is 8.20. The molecule has 0 heterocycles. The van der Waals surface area contributed by atoms with Gasteiger partial charge < -0.3 is 14.8 Å². The average Bonchev–Trinajstić information content (AvgIpc) is 2.32. The van der Waals surface area contributed by atoms with Crippen LogP contribution in [0, 0.1) is 5.92 Å². The van der Waals surface area contributed by atoms with Crippen LogP contribution >= 0.6 is 0 Å². The molecule has 4 nitrogen and oxygen atoms in total. The minimum atomic E-state index is -0.612. The highest BCUT2D eigenvalue weighted by molar-refractivity contribution is 5.80. The standard InChI is InChI=1S/C14H29NO3/c1-11(2)10-12(3)18-9-7-8-14(4,15-5)13(16)17-6/h11-12,15H,7-10H2,1-6H3. The molecular weight excluding hydrogens is 230 g/mol. The zero-order valence-electron chi connectivity index (χ0n) is 12.7. The Balaban J connectivity index is 3.91. The van der Waals surface area contributed by atoms with Crippen LogP contribution in [0.4, 0.5) is 0 Å². The van der Waals surface area contributed by atoms with Gasteiger partial charge in [0, 0.05) is 6.61 Å². The summed E-state index contributed by atoms with van der Waals surface area (Å²) in [6.07, 6.45) is 2.91. The van der Waals surface area contributed by atoms with Crippen molar-refractivity contribution in [2.24, 2.45) is 5.92 Å². The molecule has 0 rings (SSSR count). The van der Waals surface area contributed by atoms with Crippen molar-refractivity contribution in [3.05, 3.63) is 0 Å². The third-order valence-corrected chi connectivity index (χ3v) is 3.21. The molecule has 0 aliphatic carbocycles. The lowest BCUT2D eigenvalue weighted by Gasteiger charge is -2.26. The molecule has 0 aliphatic heterocycles. The molecule has 2 atom stereocenters. The summed E-state index contributed by atoms with van der Waals surface area (Å²) in [5.41, 5.74) is -0.612. The van der Waals surface area contributed by atoms with E-state index in [1.165, 1.54) is 7.11 Å². The largest absolute Gasteiger partial charge is 0.468 e. The summed E-state index contributed by atoms with van der Waals surface area (Å²) in [7, 11) is 3.19. The fraction of sp³-hybridized carbons (Fsp3) is 0.929. The molecule has 108 valence electrons. The van der Waals surface area contributed by atoms with Gasteiger partial charge in [-0.2, -0.15) is 0 Å². The van der Waals surface area contributed by atoms with Crippen molar-refractivity contribution in [2.45, 2.75) is 58.6 Å². The van der Waals surface area contributed by atoms with Crippen LogP contribution < -0.4 is 5.32 Å². The van der Waals surface area contributed by atoms with Crippen molar-refractivity contribution >= 4 is 5.97 Å². The number of rotatable bonds is 9. The molecule has 0 aromatic carbocycles. The summed E-state index contributed by atoms with van der Waals surface area (Å²) in [5, 5.41) is 3.02. The lowest BCUT2D eigenvalue weighted by molar-refractivity contribution is -0.148. The minimum Gasteiger partial charge on any atom is -0.468 e. The summed E-state index contributed by atoms with van der Waals surface area (Å²) in [4.78, 5) is 11.6. The highest BCUT2D eigenvalue weighted by Crippen LogP contribution is 2.15. The van der Waals surface area contributed by atoms with Crippen molar-refractivity contribution in [1.29, 1.82) is 0 Å². The molecule has 0 bridgehead atoms. The Hall–Kier alpha value is -0.610. The Morgan fingerprint density at radius 2 is 1.94 bits per heavy atom. The predicted molar refractivity (Wildman–Crippen MR) is 73.6 cm³/mol. The monoisotopic (exact) mass is 259 g/mol. The minimum absolute atomic E-state index is 0.222. The first-order valence-corrected chi connectivity index (χ1v) is 6.74. The van der Waals surface area contributed by atoms with Gasteiger partial charge in [-0.05, 0) is 46.1 Å². The zero-order valence-corrected chi connectivity index (χ0v) is 12.7. The number of ether oxygens (including phenoxy) is 2. The molecule has 0 amide bonds. The fourth-order valence-corrected chi connectivity index (χ4v) is 2.00. The Bertz CT molecular complexity index is 243. The first-order valence-electron chi connectivity index (χ1n) is 6.74. The van der Waals surface area contributed by atoms with E-state index in [9.17, 15) is 4.79 Å². The number of hydrogen-bond donors (Lipinski definition) is 1. The topological polar surface area (TPSA) is 47.6 Å². The summed E-state index contributed by atoms with van der Waals surface area (Å²) in [6.45, 7) is 9.01. The van der Waals surface area contributed by atoms with Gasteiger partial charge in [0.1, 0.15) is 5.54 Å². The molecule has 1 N–H and O–H groups in total. The van der Waals surface area contributed by atoms with E-state index < -0.39 is 5.54 Å². The van der Waals surface area contributed by atoms with Gasteiger partial charge >= 0.3 is 5.97 Å². The fourth-order valence-electron chi connectivity index (χ4n) is 2.00. The van der Waals surface area contributed by atoms with Crippen LogP contribution in [0.3, 0.4) is 0 Å². The molecule has 0 spiro atoms. The maximum Gasteiger partial charge on any atom is 0.325 e. The number of methoxy groups -OCH3 is 1. The van der Waals surface area contributed by atoms with E-state index in [-0.39, 0.29) is 12.1 Å². The molecule has 0 aromatic heterocycles. The van der Waals surface area contributed by atoms with Gasteiger partial charge in [0.2, 0.25) is 0 Å². The second-order valence-corrected chi connectivity index (χ2v) is 5.49. The van der Waals surface area contributed by atoms with E-state index in [4.69, 9.17) is 9.47 Å². The van der Waals surface area contributed by atoms with Crippen molar-refractivity contribution in [3.63, 3.8) is 0 Å². The third-order valence-electron chi connectivity index (χ3n) is 3.21. The van der Waals surface area contributed by atoms with Gasteiger partial charge in [-0.15, -0.1) is 0 Å².